The number of nitrogens with one attached hydrogen (secondary N) is 1. The molecule has 1 N–H and O–H groups in total. The molecular formula is C22H28N2. The van der Waals surface area contributed by atoms with Crippen LogP contribution < -0.4 is 5.32 Å². The van der Waals surface area contributed by atoms with Crippen molar-refractivity contribution in [2.24, 2.45) is 0 Å². The van der Waals surface area contributed by atoms with Crippen LogP contribution in [0.3, 0.4) is 0 Å². The second-order valence-corrected chi connectivity index (χ2v) is 6.25. The van der Waals surface area contributed by atoms with Crippen molar-refractivity contribution >= 4 is 6.08 Å². The van der Waals surface area contributed by atoms with Crippen LogP contribution in [0.4, 0.5) is 0 Å². The van der Waals surface area contributed by atoms with E-state index in [1.165, 1.54) is 42.8 Å². The average molecular weight is 320 g/mol. The van der Waals surface area contributed by atoms with Gasteiger partial charge in [-0.1, -0.05) is 61.2 Å². The maximum Gasteiger partial charge on any atom is 0.0434 e. The highest BCUT2D eigenvalue weighted by Crippen LogP contribution is 2.26. The van der Waals surface area contributed by atoms with Gasteiger partial charge in [-0.25, -0.2) is 0 Å². The van der Waals surface area contributed by atoms with E-state index in [2.05, 4.69) is 71.4 Å². The summed E-state index contributed by atoms with van der Waals surface area (Å²) in [7, 11) is 1.99. The number of rotatable bonds is 5. The zero-order chi connectivity index (χ0) is 16.8. The monoisotopic (exact) mass is 320 g/mol. The molecule has 0 bridgehead atoms. The molecule has 3 rings (SSSR count). The lowest BCUT2D eigenvalue weighted by atomic mass is 10.0. The topological polar surface area (TPSA) is 15.3 Å². The molecule has 1 saturated heterocycles. The third kappa shape index (κ3) is 3.88. The van der Waals surface area contributed by atoms with Gasteiger partial charge in [-0.2, -0.15) is 0 Å². The first kappa shape index (κ1) is 16.4. The van der Waals surface area contributed by atoms with Crippen molar-refractivity contribution in [3.05, 3.63) is 89.3 Å². The van der Waals surface area contributed by atoms with Gasteiger partial charge in [0.15, 0.2) is 0 Å². The number of allylic oxidation sites excluding steroid dienone is 5. The van der Waals surface area contributed by atoms with Gasteiger partial charge >= 0.3 is 0 Å². The van der Waals surface area contributed by atoms with Crippen molar-refractivity contribution in [3.63, 3.8) is 0 Å². The molecular weight excluding hydrogens is 292 g/mol. The van der Waals surface area contributed by atoms with Gasteiger partial charge in [-0.05, 0) is 36.5 Å². The fourth-order valence-electron chi connectivity index (χ4n) is 3.25. The van der Waals surface area contributed by atoms with E-state index in [0.29, 0.717) is 0 Å². The van der Waals surface area contributed by atoms with Crippen LogP contribution in [0, 0.1) is 0 Å². The van der Waals surface area contributed by atoms with E-state index < -0.39 is 0 Å². The van der Waals surface area contributed by atoms with Gasteiger partial charge < -0.3 is 10.2 Å². The normalized spacial score (nSPS) is 18.0. The van der Waals surface area contributed by atoms with Gasteiger partial charge in [0.1, 0.15) is 0 Å². The molecule has 0 saturated carbocycles. The zero-order valence-corrected chi connectivity index (χ0v) is 14.5. The Morgan fingerprint density at radius 3 is 2.62 bits per heavy atom. The van der Waals surface area contributed by atoms with Crippen molar-refractivity contribution in [1.82, 2.24) is 10.2 Å². The molecule has 2 nitrogen and oxygen atoms in total. The van der Waals surface area contributed by atoms with Crippen LogP contribution in [0.15, 0.2) is 83.8 Å². The lowest BCUT2D eigenvalue weighted by molar-refractivity contribution is 0.438. The van der Waals surface area contributed by atoms with Crippen LogP contribution in [-0.2, 0) is 0 Å². The summed E-state index contributed by atoms with van der Waals surface area (Å²) in [6.07, 6.45) is 14.6. The summed E-state index contributed by atoms with van der Waals surface area (Å²) < 4.78 is 0. The quantitative estimate of drug-likeness (QED) is 0.775. The summed E-state index contributed by atoms with van der Waals surface area (Å²) in [5, 5.41) is 3.36. The van der Waals surface area contributed by atoms with Crippen LogP contribution in [0.2, 0.25) is 0 Å². The van der Waals surface area contributed by atoms with Gasteiger partial charge in [0, 0.05) is 38.5 Å². The molecule has 24 heavy (non-hydrogen) atoms. The van der Waals surface area contributed by atoms with Gasteiger partial charge in [-0.15, -0.1) is 0 Å². The van der Waals surface area contributed by atoms with E-state index in [9.17, 15) is 0 Å². The third-order valence-corrected chi connectivity index (χ3v) is 4.59. The number of likely N-dealkylation sites (tertiary alicyclic amines) is 1. The number of benzene rings is 1. The van der Waals surface area contributed by atoms with Crippen LogP contribution in [0.5, 0.6) is 0 Å². The Morgan fingerprint density at radius 2 is 1.92 bits per heavy atom. The largest absolute Gasteiger partial charge is 0.388 e. The average Bonchev–Trinajstić information content (AvgIpc) is 3.07. The van der Waals surface area contributed by atoms with Gasteiger partial charge in [0.2, 0.25) is 0 Å². The summed E-state index contributed by atoms with van der Waals surface area (Å²) in [4.78, 5) is 2.48. The molecule has 0 atom stereocenters. The minimum Gasteiger partial charge on any atom is -0.388 e. The highest BCUT2D eigenvalue weighted by molar-refractivity contribution is 5.60. The minimum atomic E-state index is 0. The van der Waals surface area contributed by atoms with Crippen molar-refractivity contribution in [2.45, 2.75) is 19.3 Å². The number of hydrogen-bond donors (Lipinski definition) is 1. The first-order valence-corrected chi connectivity index (χ1v) is 8.75. The van der Waals surface area contributed by atoms with E-state index in [1.54, 1.807) is 0 Å². The Kier molecular flexibility index (Phi) is 5.37. The van der Waals surface area contributed by atoms with Crippen molar-refractivity contribution < 1.29 is 1.43 Å². The number of nitrogens with zero attached hydrogens (tertiary/aromatic N) is 1. The molecule has 0 radical (unpaired) electrons. The van der Waals surface area contributed by atoms with E-state index in [-0.39, 0.29) is 1.43 Å². The summed E-state index contributed by atoms with van der Waals surface area (Å²) in [5.74, 6) is 0. The van der Waals surface area contributed by atoms with E-state index in [1.807, 2.05) is 13.1 Å². The second-order valence-electron chi connectivity index (χ2n) is 6.25. The van der Waals surface area contributed by atoms with Crippen LogP contribution in [-0.4, -0.2) is 25.0 Å². The molecule has 2 aliphatic rings. The Bertz CT molecular complexity index is 705. The predicted octanol–water partition coefficient (Wildman–Crippen LogP) is 4.92. The molecule has 2 heteroatoms. The predicted molar refractivity (Wildman–Crippen MR) is 105 cm³/mol. The number of hydrogen-bond acceptors (Lipinski definition) is 2. The van der Waals surface area contributed by atoms with Crippen LogP contribution >= 0.6 is 0 Å². The van der Waals surface area contributed by atoms with Crippen LogP contribution in [0.25, 0.3) is 6.08 Å². The van der Waals surface area contributed by atoms with Crippen molar-refractivity contribution in [1.29, 1.82) is 0 Å². The summed E-state index contributed by atoms with van der Waals surface area (Å²) in [5.41, 5.74) is 5.90. The summed E-state index contributed by atoms with van der Waals surface area (Å²) in [6.45, 7) is 6.62. The lowest BCUT2D eigenvalue weighted by Gasteiger charge is -2.20. The minimum absolute atomic E-state index is 0. The molecule has 0 unspecified atom stereocenters. The standard InChI is InChI=1S/C22H26N2.H2/c1-18(13-14-19-9-4-3-5-10-19)21-12-8-11-20(17-22(21)23-2)24-15-6-7-16-24;/h3-5,9-14,17,23H,1,6-8,15-16H2,2H3;1H/b14-13+;. The maximum atomic E-state index is 4.28. The summed E-state index contributed by atoms with van der Waals surface area (Å²) >= 11 is 0. The molecule has 1 aromatic rings. The molecule has 0 aromatic heterocycles. The van der Waals surface area contributed by atoms with Gasteiger partial charge in [0.25, 0.3) is 0 Å². The fourth-order valence-corrected chi connectivity index (χ4v) is 3.25. The Morgan fingerprint density at radius 1 is 1.17 bits per heavy atom. The second kappa shape index (κ2) is 7.87. The van der Waals surface area contributed by atoms with E-state index in [0.717, 1.165) is 17.7 Å². The smallest absolute Gasteiger partial charge is 0.0434 e. The molecule has 126 valence electrons. The molecule has 1 aromatic carbocycles. The number of likely N-dealkylation sites (N-methyl/N-ethyl adjacent to an activating group) is 1. The Labute approximate surface area is 147 Å². The SMILES string of the molecule is C=C(/C=C/c1ccccc1)C1=CCC=C(N2CCCC2)C=C1NC.[HH]. The highest BCUT2D eigenvalue weighted by Gasteiger charge is 2.16. The van der Waals surface area contributed by atoms with Crippen molar-refractivity contribution in [2.75, 3.05) is 20.1 Å². The summed E-state index contributed by atoms with van der Waals surface area (Å²) in [6, 6.07) is 10.4. The van der Waals surface area contributed by atoms with E-state index >= 15 is 0 Å². The lowest BCUT2D eigenvalue weighted by Crippen LogP contribution is -2.19. The van der Waals surface area contributed by atoms with Gasteiger partial charge in [-0.3, -0.25) is 0 Å². The first-order chi connectivity index (χ1) is 11.8. The Hall–Kier alpha value is -2.48. The van der Waals surface area contributed by atoms with E-state index in [4.69, 9.17) is 0 Å². The maximum absolute atomic E-state index is 4.28. The zero-order valence-electron chi connectivity index (χ0n) is 14.5. The molecule has 1 heterocycles. The molecule has 1 aliphatic heterocycles. The third-order valence-electron chi connectivity index (χ3n) is 4.59. The highest BCUT2D eigenvalue weighted by atomic mass is 15.1. The molecule has 0 amide bonds. The van der Waals surface area contributed by atoms with Crippen molar-refractivity contribution in [3.8, 4) is 0 Å². The molecule has 1 aliphatic carbocycles. The van der Waals surface area contributed by atoms with Gasteiger partial charge in [0.05, 0.1) is 0 Å². The fraction of sp³-hybridized carbons (Fsp3) is 0.273. The molecule has 0 spiro atoms. The van der Waals surface area contributed by atoms with Crippen LogP contribution in [0.1, 0.15) is 26.3 Å². The Balaban J connectivity index is 0.00000225. The first-order valence-electron chi connectivity index (χ1n) is 8.75. The molecule has 1 fully saturated rings.